The Kier molecular flexibility index (Phi) is 2.81. The average molecular weight is 252 g/mol. The molecular weight excluding hydrogens is 232 g/mol. The molecule has 4 atom stereocenters. The standard InChI is InChI=1S/C13H20N2O3/c1-7-13(17)15(8(2)12(16)14-7)10-5-6-18-11(10)9-3-4-9/h7-11H,3-6H2,1-2H3,(H,14,16). The molecule has 5 nitrogen and oxygen atoms in total. The molecule has 0 aromatic rings. The van der Waals surface area contributed by atoms with Crippen molar-refractivity contribution in [1.82, 2.24) is 10.2 Å². The maximum absolute atomic E-state index is 12.3. The van der Waals surface area contributed by atoms with Crippen LogP contribution in [0.4, 0.5) is 0 Å². The molecule has 2 amide bonds. The van der Waals surface area contributed by atoms with Crippen LogP contribution < -0.4 is 5.32 Å². The first-order valence-electron chi connectivity index (χ1n) is 6.83. The lowest BCUT2D eigenvalue weighted by molar-refractivity contribution is -0.152. The summed E-state index contributed by atoms with van der Waals surface area (Å²) >= 11 is 0. The highest BCUT2D eigenvalue weighted by atomic mass is 16.5. The number of hydrogen-bond acceptors (Lipinski definition) is 3. The third-order valence-corrected chi connectivity index (χ3v) is 4.33. The summed E-state index contributed by atoms with van der Waals surface area (Å²) in [5, 5.41) is 2.72. The zero-order valence-electron chi connectivity index (χ0n) is 10.9. The number of nitrogens with zero attached hydrogens (tertiary/aromatic N) is 1. The fourth-order valence-corrected chi connectivity index (χ4v) is 3.16. The molecule has 4 unspecified atom stereocenters. The molecule has 2 heterocycles. The van der Waals surface area contributed by atoms with Gasteiger partial charge in [-0.1, -0.05) is 0 Å². The third-order valence-electron chi connectivity index (χ3n) is 4.33. The molecule has 1 saturated carbocycles. The van der Waals surface area contributed by atoms with Crippen LogP contribution in [0.15, 0.2) is 0 Å². The van der Waals surface area contributed by atoms with Crippen LogP contribution in [0.2, 0.25) is 0 Å². The zero-order valence-corrected chi connectivity index (χ0v) is 10.9. The SMILES string of the molecule is CC1NC(=O)C(C)N(C2CCOC2C2CC2)C1=O. The van der Waals surface area contributed by atoms with E-state index >= 15 is 0 Å². The summed E-state index contributed by atoms with van der Waals surface area (Å²) in [6.45, 7) is 4.26. The van der Waals surface area contributed by atoms with E-state index in [2.05, 4.69) is 5.32 Å². The van der Waals surface area contributed by atoms with Gasteiger partial charge in [-0.3, -0.25) is 9.59 Å². The smallest absolute Gasteiger partial charge is 0.245 e. The lowest BCUT2D eigenvalue weighted by atomic mass is 9.99. The highest BCUT2D eigenvalue weighted by Crippen LogP contribution is 2.41. The molecule has 1 aliphatic carbocycles. The van der Waals surface area contributed by atoms with Crippen LogP contribution in [-0.4, -0.2) is 47.6 Å². The topological polar surface area (TPSA) is 58.6 Å². The van der Waals surface area contributed by atoms with Crippen molar-refractivity contribution < 1.29 is 14.3 Å². The van der Waals surface area contributed by atoms with Gasteiger partial charge in [-0.25, -0.2) is 0 Å². The number of nitrogens with one attached hydrogen (secondary N) is 1. The Labute approximate surface area is 107 Å². The van der Waals surface area contributed by atoms with Crippen molar-refractivity contribution in [2.24, 2.45) is 5.92 Å². The Bertz CT molecular complexity index is 380. The van der Waals surface area contributed by atoms with Crippen LogP contribution in [0.3, 0.4) is 0 Å². The van der Waals surface area contributed by atoms with Crippen LogP contribution in [0, 0.1) is 5.92 Å². The summed E-state index contributed by atoms with van der Waals surface area (Å²) < 4.78 is 5.78. The van der Waals surface area contributed by atoms with Crippen LogP contribution in [0.5, 0.6) is 0 Å². The van der Waals surface area contributed by atoms with Gasteiger partial charge in [0.05, 0.1) is 12.1 Å². The molecule has 100 valence electrons. The minimum atomic E-state index is -0.408. The molecule has 3 fully saturated rings. The second-order valence-electron chi connectivity index (χ2n) is 5.68. The number of carbonyl (C=O) groups is 2. The molecule has 18 heavy (non-hydrogen) atoms. The Morgan fingerprint density at radius 3 is 2.61 bits per heavy atom. The second kappa shape index (κ2) is 4.23. The fourth-order valence-electron chi connectivity index (χ4n) is 3.16. The zero-order chi connectivity index (χ0) is 12.9. The molecule has 2 aliphatic heterocycles. The van der Waals surface area contributed by atoms with E-state index in [1.165, 1.54) is 12.8 Å². The van der Waals surface area contributed by atoms with Gasteiger partial charge in [0.15, 0.2) is 0 Å². The Morgan fingerprint density at radius 1 is 1.22 bits per heavy atom. The largest absolute Gasteiger partial charge is 0.376 e. The van der Waals surface area contributed by atoms with E-state index in [1.54, 1.807) is 18.7 Å². The van der Waals surface area contributed by atoms with Crippen LogP contribution in [0.1, 0.15) is 33.1 Å². The summed E-state index contributed by atoms with van der Waals surface area (Å²) in [5.41, 5.74) is 0. The molecule has 3 rings (SSSR count). The molecule has 0 radical (unpaired) electrons. The van der Waals surface area contributed by atoms with E-state index in [0.29, 0.717) is 12.5 Å². The fraction of sp³-hybridized carbons (Fsp3) is 0.846. The van der Waals surface area contributed by atoms with E-state index < -0.39 is 6.04 Å². The van der Waals surface area contributed by atoms with Crippen molar-refractivity contribution in [1.29, 1.82) is 0 Å². The quantitative estimate of drug-likeness (QED) is 0.768. The first-order chi connectivity index (χ1) is 8.59. The van der Waals surface area contributed by atoms with Gasteiger partial charge < -0.3 is 15.0 Å². The van der Waals surface area contributed by atoms with Gasteiger partial charge in [0.25, 0.3) is 0 Å². The summed E-state index contributed by atoms with van der Waals surface area (Å²) in [5.74, 6) is 0.574. The molecule has 3 aliphatic rings. The predicted molar refractivity (Wildman–Crippen MR) is 64.8 cm³/mol. The first-order valence-corrected chi connectivity index (χ1v) is 6.83. The number of ether oxygens (including phenoxy) is 1. The number of hydrogen-bond donors (Lipinski definition) is 1. The first kappa shape index (κ1) is 12.0. The summed E-state index contributed by atoms with van der Waals surface area (Å²) in [4.78, 5) is 26.0. The molecule has 0 aromatic carbocycles. The van der Waals surface area contributed by atoms with E-state index in [-0.39, 0.29) is 30.0 Å². The number of piperazine rings is 1. The maximum Gasteiger partial charge on any atom is 0.245 e. The monoisotopic (exact) mass is 252 g/mol. The Morgan fingerprint density at radius 2 is 1.94 bits per heavy atom. The highest BCUT2D eigenvalue weighted by Gasteiger charge is 2.48. The van der Waals surface area contributed by atoms with Gasteiger partial charge >= 0.3 is 0 Å². The van der Waals surface area contributed by atoms with Gasteiger partial charge in [0.2, 0.25) is 11.8 Å². The van der Waals surface area contributed by atoms with Crippen LogP contribution in [-0.2, 0) is 14.3 Å². The van der Waals surface area contributed by atoms with E-state index in [4.69, 9.17) is 4.74 Å². The predicted octanol–water partition coefficient (Wildman–Crippen LogP) is 0.289. The molecule has 5 heteroatoms. The van der Waals surface area contributed by atoms with Crippen LogP contribution in [0.25, 0.3) is 0 Å². The molecule has 2 saturated heterocycles. The van der Waals surface area contributed by atoms with Crippen molar-refractivity contribution in [3.63, 3.8) is 0 Å². The highest BCUT2D eigenvalue weighted by molar-refractivity contribution is 5.96. The Hall–Kier alpha value is -1.10. The van der Waals surface area contributed by atoms with Crippen molar-refractivity contribution >= 4 is 11.8 Å². The molecule has 0 bridgehead atoms. The maximum atomic E-state index is 12.3. The van der Waals surface area contributed by atoms with E-state index in [0.717, 1.165) is 6.42 Å². The summed E-state index contributed by atoms with van der Waals surface area (Å²) in [6.07, 6.45) is 3.39. The minimum Gasteiger partial charge on any atom is -0.376 e. The minimum absolute atomic E-state index is 0.0308. The molecular formula is C13H20N2O3. The van der Waals surface area contributed by atoms with E-state index in [9.17, 15) is 9.59 Å². The van der Waals surface area contributed by atoms with Crippen molar-refractivity contribution in [2.75, 3.05) is 6.61 Å². The van der Waals surface area contributed by atoms with Gasteiger partial charge in [0, 0.05) is 6.61 Å². The van der Waals surface area contributed by atoms with Gasteiger partial charge in [0.1, 0.15) is 12.1 Å². The molecule has 1 N–H and O–H groups in total. The van der Waals surface area contributed by atoms with Crippen molar-refractivity contribution in [3.05, 3.63) is 0 Å². The van der Waals surface area contributed by atoms with Crippen molar-refractivity contribution in [3.8, 4) is 0 Å². The number of rotatable bonds is 2. The molecule has 0 spiro atoms. The average Bonchev–Trinajstić information content (AvgIpc) is 3.07. The van der Waals surface area contributed by atoms with E-state index in [1.807, 2.05) is 0 Å². The van der Waals surface area contributed by atoms with Gasteiger partial charge in [-0.05, 0) is 39.0 Å². The van der Waals surface area contributed by atoms with Gasteiger partial charge in [-0.2, -0.15) is 0 Å². The second-order valence-corrected chi connectivity index (χ2v) is 5.68. The van der Waals surface area contributed by atoms with Crippen LogP contribution >= 0.6 is 0 Å². The lowest BCUT2D eigenvalue weighted by Gasteiger charge is -2.41. The van der Waals surface area contributed by atoms with Crippen molar-refractivity contribution in [2.45, 2.75) is 57.3 Å². The summed E-state index contributed by atoms with van der Waals surface area (Å²) in [6, 6.07) is -0.690. The molecule has 0 aromatic heterocycles. The third kappa shape index (κ3) is 1.81. The normalized spacial score (nSPS) is 41.1. The number of carbonyl (C=O) groups excluding carboxylic acids is 2. The Balaban J connectivity index is 1.83. The lowest BCUT2D eigenvalue weighted by Crippen LogP contribution is -2.65. The summed E-state index contributed by atoms with van der Waals surface area (Å²) in [7, 11) is 0. The number of amides is 2. The van der Waals surface area contributed by atoms with Gasteiger partial charge in [-0.15, -0.1) is 0 Å².